The third-order valence-electron chi connectivity index (χ3n) is 13.1. The SMILES string of the molecule is C=CCOc1c(C)c2c(c3c1[C@H]1SC[C@]4(NCCc5cc(OC(=O)OC(C)(C)C)c(OC)cc54)C(=O)OC[C@@H]3N3C1[C@@H]1c4c(cc(C)c(OC)c4O)C[C@@H]([C@@H]3C#N)N1C)OCO2. The topological polar surface area (TPSA) is 171 Å². The van der Waals surface area contributed by atoms with Gasteiger partial charge in [0.25, 0.3) is 0 Å². The van der Waals surface area contributed by atoms with Gasteiger partial charge >= 0.3 is 12.1 Å². The smallest absolute Gasteiger partial charge is 0.504 e. The van der Waals surface area contributed by atoms with E-state index < -0.39 is 52.7 Å². The maximum absolute atomic E-state index is 15.1. The van der Waals surface area contributed by atoms with Crippen molar-refractivity contribution in [2.45, 2.75) is 94.1 Å². The number of nitrogens with one attached hydrogen (secondary N) is 1. The van der Waals surface area contributed by atoms with Crippen LogP contribution in [-0.2, 0) is 32.6 Å². The fraction of sp³-hybridized carbons (Fsp3) is 0.500. The van der Waals surface area contributed by atoms with Gasteiger partial charge in [-0.1, -0.05) is 18.7 Å². The van der Waals surface area contributed by atoms with E-state index in [2.05, 4.69) is 33.8 Å². The van der Waals surface area contributed by atoms with Crippen molar-refractivity contribution in [1.29, 1.82) is 5.26 Å². The summed E-state index contributed by atoms with van der Waals surface area (Å²) in [5, 5.41) is 26.5. The number of hydrogen-bond donors (Lipinski definition) is 2. The number of likely N-dealkylation sites (N-methyl/N-ethyl adjacent to an activating group) is 1. The van der Waals surface area contributed by atoms with Crippen LogP contribution in [0.5, 0.6) is 40.2 Å². The minimum absolute atomic E-state index is 0.0113. The fourth-order valence-corrected chi connectivity index (χ4v) is 12.4. The number of nitriles is 1. The Morgan fingerprint density at radius 3 is 2.56 bits per heavy atom. The van der Waals surface area contributed by atoms with Crippen LogP contribution in [0.4, 0.5) is 4.79 Å². The maximum atomic E-state index is 15.1. The molecule has 7 aliphatic heterocycles. The molecule has 0 saturated carbocycles. The molecular weight excluding hydrogens is 817 g/mol. The molecule has 0 amide bonds. The van der Waals surface area contributed by atoms with Crippen LogP contribution in [0.2, 0.25) is 0 Å². The number of carbonyl (C=O) groups is 2. The highest BCUT2D eigenvalue weighted by Crippen LogP contribution is 2.64. The third kappa shape index (κ3) is 6.33. The Morgan fingerprint density at radius 2 is 1.85 bits per heavy atom. The second-order valence-corrected chi connectivity index (χ2v) is 18.8. The van der Waals surface area contributed by atoms with Crippen LogP contribution in [-0.4, -0.2) is 104 Å². The van der Waals surface area contributed by atoms with Crippen molar-refractivity contribution in [2.75, 3.05) is 53.6 Å². The molecule has 2 N–H and O–H groups in total. The standard InChI is InChI=1S/C46H52N4O11S/c1-10-13-56-39-23(3)40-41(59-21-58-40)33-29-19-57-43(52)46(26-17-30(54-8)31(16-24(26)11-12-48-46)60-44(53)61-45(4,5)6)20-62-42(34(33)39)36-35-32-25(14-22(2)38(55-9)37(32)51)15-27(49(35)7)28(18-47)50(29)36/h10,14,16-17,27-29,35-36,42,48,51H,1,11-13,15,19-21H2,2-9H3/t27-,28-,29-,35-,36?,42+,46+/m0/s1. The highest BCUT2D eigenvalue weighted by atomic mass is 32.2. The number of phenolic OH excluding ortho intramolecular Hbond substituents is 1. The van der Waals surface area contributed by atoms with Crippen LogP contribution in [0.25, 0.3) is 0 Å². The predicted molar refractivity (Wildman–Crippen MR) is 228 cm³/mol. The quantitative estimate of drug-likeness (QED) is 0.162. The Kier molecular flexibility index (Phi) is 10.5. The van der Waals surface area contributed by atoms with Gasteiger partial charge in [-0.15, -0.1) is 11.8 Å². The van der Waals surface area contributed by atoms with Crippen molar-refractivity contribution in [1.82, 2.24) is 15.1 Å². The molecule has 328 valence electrons. The summed E-state index contributed by atoms with van der Waals surface area (Å²) in [7, 11) is 5.05. The molecule has 15 nitrogen and oxygen atoms in total. The van der Waals surface area contributed by atoms with Gasteiger partial charge in [0.2, 0.25) is 6.79 Å². The molecule has 2 saturated heterocycles. The normalized spacial score (nSPS) is 27.1. The van der Waals surface area contributed by atoms with Gasteiger partial charge < -0.3 is 43.0 Å². The number of fused-ring (bicyclic) bond motifs is 9. The van der Waals surface area contributed by atoms with Crippen LogP contribution < -0.4 is 33.7 Å². The Bertz CT molecular complexity index is 2430. The van der Waals surface area contributed by atoms with Crippen LogP contribution in [0.1, 0.15) is 82.6 Å². The van der Waals surface area contributed by atoms with Crippen molar-refractivity contribution < 1.29 is 52.6 Å². The van der Waals surface area contributed by atoms with Crippen LogP contribution in [0.3, 0.4) is 0 Å². The van der Waals surface area contributed by atoms with Crippen LogP contribution in [0, 0.1) is 25.2 Å². The number of phenols is 1. The zero-order valence-electron chi connectivity index (χ0n) is 36.2. The molecule has 3 aromatic rings. The molecule has 1 unspecified atom stereocenters. The summed E-state index contributed by atoms with van der Waals surface area (Å²) in [6, 6.07) is 5.66. The van der Waals surface area contributed by atoms with E-state index in [0.717, 1.165) is 38.9 Å². The zero-order chi connectivity index (χ0) is 44.0. The number of nitrogens with zero attached hydrogens (tertiary/aromatic N) is 3. The fourth-order valence-electron chi connectivity index (χ4n) is 10.7. The molecule has 7 atom stereocenters. The molecule has 0 aromatic heterocycles. The first-order valence-corrected chi connectivity index (χ1v) is 21.9. The summed E-state index contributed by atoms with van der Waals surface area (Å²) in [6.07, 6.45) is 1.84. The van der Waals surface area contributed by atoms with E-state index >= 15 is 4.79 Å². The summed E-state index contributed by atoms with van der Waals surface area (Å²) in [6.45, 7) is 13.5. The molecule has 4 bridgehead atoms. The lowest BCUT2D eigenvalue weighted by atomic mass is 9.71. The first kappa shape index (κ1) is 42.0. The van der Waals surface area contributed by atoms with Crippen molar-refractivity contribution in [3.8, 4) is 46.3 Å². The van der Waals surface area contributed by atoms with E-state index in [1.54, 1.807) is 57.9 Å². The monoisotopic (exact) mass is 868 g/mol. The lowest BCUT2D eigenvalue weighted by Gasteiger charge is -2.62. The van der Waals surface area contributed by atoms with E-state index in [1.807, 2.05) is 20.9 Å². The second-order valence-electron chi connectivity index (χ2n) is 17.6. The van der Waals surface area contributed by atoms with Crippen molar-refractivity contribution in [3.63, 3.8) is 0 Å². The third-order valence-corrected chi connectivity index (χ3v) is 14.6. The first-order valence-electron chi connectivity index (χ1n) is 20.8. The molecule has 7 heterocycles. The van der Waals surface area contributed by atoms with Crippen molar-refractivity contribution in [3.05, 3.63) is 75.4 Å². The minimum atomic E-state index is -1.39. The number of aryl methyl sites for hydroxylation is 1. The summed E-state index contributed by atoms with van der Waals surface area (Å²) >= 11 is 1.55. The summed E-state index contributed by atoms with van der Waals surface area (Å²) in [4.78, 5) is 32.4. The largest absolute Gasteiger partial charge is 0.514 e. The average molecular weight is 869 g/mol. The highest BCUT2D eigenvalue weighted by molar-refractivity contribution is 7.99. The first-order chi connectivity index (χ1) is 29.7. The number of rotatable bonds is 6. The number of carbonyl (C=O) groups excluding carboxylic acids is 2. The Morgan fingerprint density at radius 1 is 1.08 bits per heavy atom. The maximum Gasteiger partial charge on any atom is 0.514 e. The number of benzene rings is 3. The van der Waals surface area contributed by atoms with Crippen LogP contribution in [0.15, 0.2) is 30.9 Å². The molecule has 0 aliphatic carbocycles. The molecule has 1 spiro atoms. The van der Waals surface area contributed by atoms with Gasteiger partial charge in [0.05, 0.1) is 37.6 Å². The second kappa shape index (κ2) is 15.5. The number of ether oxygens (including phenoxy) is 8. The lowest BCUT2D eigenvalue weighted by molar-refractivity contribution is -0.157. The Balaban J connectivity index is 1.26. The van der Waals surface area contributed by atoms with Gasteiger partial charge in [0, 0.05) is 46.6 Å². The van der Waals surface area contributed by atoms with E-state index in [0.29, 0.717) is 47.9 Å². The molecule has 62 heavy (non-hydrogen) atoms. The van der Waals surface area contributed by atoms with Crippen molar-refractivity contribution >= 4 is 23.9 Å². The molecule has 7 aliphatic rings. The molecular formula is C46H52N4O11S. The Labute approximate surface area is 365 Å². The molecule has 2 fully saturated rings. The lowest BCUT2D eigenvalue weighted by Crippen LogP contribution is -2.69. The van der Waals surface area contributed by atoms with Crippen molar-refractivity contribution in [2.24, 2.45) is 0 Å². The molecule has 0 radical (unpaired) electrons. The van der Waals surface area contributed by atoms with E-state index in [1.165, 1.54) is 7.11 Å². The average Bonchev–Trinajstić information content (AvgIpc) is 3.72. The Hall–Kier alpha value is -5.34. The van der Waals surface area contributed by atoms with Gasteiger partial charge in [-0.2, -0.15) is 5.26 Å². The van der Waals surface area contributed by atoms with Crippen LogP contribution >= 0.6 is 11.8 Å². The molecule has 16 heteroatoms. The van der Waals surface area contributed by atoms with E-state index in [9.17, 15) is 15.2 Å². The van der Waals surface area contributed by atoms with E-state index in [4.69, 9.17) is 37.9 Å². The minimum Gasteiger partial charge on any atom is -0.504 e. The number of piperazine rings is 1. The number of hydrogen-bond acceptors (Lipinski definition) is 16. The predicted octanol–water partition coefficient (Wildman–Crippen LogP) is 6.23. The number of esters is 1. The van der Waals surface area contributed by atoms with Gasteiger partial charge in [-0.25, -0.2) is 9.59 Å². The van der Waals surface area contributed by atoms with Gasteiger partial charge in [0.1, 0.15) is 30.6 Å². The molecule has 10 rings (SSSR count). The number of methoxy groups -OCH3 is 2. The summed E-state index contributed by atoms with van der Waals surface area (Å²) in [5.74, 6) is 2.22. The van der Waals surface area contributed by atoms with Gasteiger partial charge in [0.15, 0.2) is 40.0 Å². The van der Waals surface area contributed by atoms with Gasteiger partial charge in [-0.3, -0.25) is 15.1 Å². The summed E-state index contributed by atoms with van der Waals surface area (Å²) in [5.41, 5.74) is 4.08. The number of aromatic hydroxyl groups is 1. The highest BCUT2D eigenvalue weighted by Gasteiger charge is 2.62. The van der Waals surface area contributed by atoms with E-state index in [-0.39, 0.29) is 49.0 Å². The van der Waals surface area contributed by atoms with Gasteiger partial charge in [-0.05, 0) is 88.9 Å². The zero-order valence-corrected chi connectivity index (χ0v) is 37.0. The molecule has 3 aromatic carbocycles. The number of thioether (sulfide) groups is 1. The summed E-state index contributed by atoms with van der Waals surface area (Å²) < 4.78 is 48.4.